The fourth-order valence-corrected chi connectivity index (χ4v) is 2.22. The van der Waals surface area contributed by atoms with Crippen LogP contribution in [-0.2, 0) is 0 Å². The first-order chi connectivity index (χ1) is 10.5. The number of aromatic amines is 1. The fourth-order valence-electron chi connectivity index (χ4n) is 2.22. The monoisotopic (exact) mass is 294 g/mol. The number of rotatable bonds is 2. The van der Waals surface area contributed by atoms with Crippen molar-refractivity contribution in [1.29, 1.82) is 5.26 Å². The molecule has 4 N–H and O–H groups in total. The van der Waals surface area contributed by atoms with E-state index in [1.54, 1.807) is 12.1 Å². The number of aromatic hydroxyl groups is 1. The van der Waals surface area contributed by atoms with Gasteiger partial charge in [0.2, 0.25) is 0 Å². The van der Waals surface area contributed by atoms with Crippen LogP contribution in [-0.4, -0.2) is 25.3 Å². The van der Waals surface area contributed by atoms with Crippen LogP contribution in [0.2, 0.25) is 0 Å². The molecule has 2 heterocycles. The molecule has 0 saturated heterocycles. The van der Waals surface area contributed by atoms with Gasteiger partial charge in [0.25, 0.3) is 0 Å². The lowest BCUT2D eigenvalue weighted by Crippen LogP contribution is -2.02. The van der Waals surface area contributed by atoms with Crippen molar-refractivity contribution in [3.8, 4) is 23.1 Å². The molecule has 0 saturated carbocycles. The number of phenols is 1. The first kappa shape index (κ1) is 13.8. The Morgan fingerprint density at radius 3 is 2.77 bits per heavy atom. The van der Waals surface area contributed by atoms with Crippen molar-refractivity contribution in [2.24, 2.45) is 0 Å². The minimum Gasteiger partial charge on any atom is -0.507 e. The Balaban J connectivity index is 2.23. The van der Waals surface area contributed by atoms with E-state index >= 15 is 0 Å². The zero-order valence-corrected chi connectivity index (χ0v) is 12.1. The number of nitrogens with two attached hydrogens (primary N) is 1. The van der Waals surface area contributed by atoms with E-state index in [0.717, 1.165) is 0 Å². The Bertz CT molecular complexity index is 906. The zero-order valence-electron chi connectivity index (χ0n) is 12.1. The summed E-state index contributed by atoms with van der Waals surface area (Å²) < 4.78 is 0. The van der Waals surface area contributed by atoms with Gasteiger partial charge in [-0.15, -0.1) is 0 Å². The number of nitrogens with one attached hydrogen (secondary N) is 1. The summed E-state index contributed by atoms with van der Waals surface area (Å²) in [7, 11) is 0. The minimum atomic E-state index is -0.0682. The Morgan fingerprint density at radius 1 is 1.32 bits per heavy atom. The number of benzene rings is 1. The summed E-state index contributed by atoms with van der Waals surface area (Å²) in [5.74, 6) is 1.04. The molecular formula is C15H14N6O. The summed E-state index contributed by atoms with van der Waals surface area (Å²) in [6.45, 7) is 3.96. The van der Waals surface area contributed by atoms with Crippen LogP contribution < -0.4 is 5.73 Å². The minimum absolute atomic E-state index is 0.0682. The van der Waals surface area contributed by atoms with E-state index in [2.05, 4.69) is 20.2 Å². The number of H-pyrrole nitrogens is 1. The van der Waals surface area contributed by atoms with Crippen molar-refractivity contribution in [2.45, 2.75) is 19.8 Å². The molecule has 0 fully saturated rings. The smallest absolute Gasteiger partial charge is 0.187 e. The van der Waals surface area contributed by atoms with E-state index < -0.39 is 0 Å². The first-order valence-electron chi connectivity index (χ1n) is 6.76. The molecule has 0 radical (unpaired) electrons. The molecule has 0 aliphatic rings. The van der Waals surface area contributed by atoms with Crippen LogP contribution in [0.15, 0.2) is 18.2 Å². The topological polar surface area (TPSA) is 124 Å². The third kappa shape index (κ3) is 2.11. The summed E-state index contributed by atoms with van der Waals surface area (Å²) in [5, 5.41) is 26.3. The van der Waals surface area contributed by atoms with Crippen LogP contribution in [0.4, 0.5) is 5.82 Å². The number of anilines is 1. The molecule has 3 rings (SSSR count). The molecule has 0 aliphatic heterocycles. The predicted molar refractivity (Wildman–Crippen MR) is 82.0 cm³/mol. The Morgan fingerprint density at radius 2 is 2.09 bits per heavy atom. The SMILES string of the molecule is CC(C)c1nc(N)c2c(-c3ccc(O)c(C#N)c3)[nH]nc2n1. The van der Waals surface area contributed by atoms with Crippen LogP contribution >= 0.6 is 0 Å². The van der Waals surface area contributed by atoms with Gasteiger partial charge in [-0.25, -0.2) is 9.97 Å². The highest BCUT2D eigenvalue weighted by atomic mass is 16.3. The maximum atomic E-state index is 9.60. The largest absolute Gasteiger partial charge is 0.507 e. The van der Waals surface area contributed by atoms with Gasteiger partial charge < -0.3 is 10.8 Å². The van der Waals surface area contributed by atoms with Crippen molar-refractivity contribution < 1.29 is 5.11 Å². The fraction of sp³-hybridized carbons (Fsp3) is 0.200. The third-order valence-electron chi connectivity index (χ3n) is 3.38. The first-order valence-corrected chi connectivity index (χ1v) is 6.76. The van der Waals surface area contributed by atoms with E-state index in [9.17, 15) is 5.11 Å². The molecular weight excluding hydrogens is 280 g/mol. The molecule has 1 aromatic carbocycles. The van der Waals surface area contributed by atoms with Crippen LogP contribution in [0.25, 0.3) is 22.3 Å². The van der Waals surface area contributed by atoms with Crippen molar-refractivity contribution in [1.82, 2.24) is 20.2 Å². The van der Waals surface area contributed by atoms with Crippen LogP contribution in [0, 0.1) is 11.3 Å². The van der Waals surface area contributed by atoms with E-state index in [-0.39, 0.29) is 17.2 Å². The number of fused-ring (bicyclic) bond motifs is 1. The summed E-state index contributed by atoms with van der Waals surface area (Å²) in [5.41, 5.74) is 8.02. The number of hydrogen-bond donors (Lipinski definition) is 3. The predicted octanol–water partition coefficient (Wildman–Crippen LogP) is 2.30. The lowest BCUT2D eigenvalue weighted by atomic mass is 10.1. The molecule has 3 aromatic rings. The molecule has 0 unspecified atom stereocenters. The molecule has 0 amide bonds. The number of hydrogen-bond acceptors (Lipinski definition) is 6. The maximum absolute atomic E-state index is 9.60. The lowest BCUT2D eigenvalue weighted by molar-refractivity contribution is 0.473. The molecule has 2 aromatic heterocycles. The standard InChI is InChI=1S/C15H14N6O/c1-7(2)14-18-13(17)11-12(20-21-15(11)19-14)8-3-4-10(22)9(5-8)6-16/h3-5,7,22H,1-2H3,(H3,17,18,19,20,21). The van der Waals surface area contributed by atoms with Gasteiger partial charge in [0, 0.05) is 11.5 Å². The molecule has 22 heavy (non-hydrogen) atoms. The Hall–Kier alpha value is -3.14. The van der Waals surface area contributed by atoms with Gasteiger partial charge in [-0.1, -0.05) is 13.8 Å². The molecule has 7 heteroatoms. The quantitative estimate of drug-likeness (QED) is 0.666. The second-order valence-corrected chi connectivity index (χ2v) is 5.26. The van der Waals surface area contributed by atoms with Gasteiger partial charge >= 0.3 is 0 Å². The van der Waals surface area contributed by atoms with Gasteiger partial charge in [-0.2, -0.15) is 10.4 Å². The molecule has 0 atom stereocenters. The summed E-state index contributed by atoms with van der Waals surface area (Å²) in [6, 6.07) is 6.64. The van der Waals surface area contributed by atoms with E-state index in [1.165, 1.54) is 6.07 Å². The number of nitrogens with zero attached hydrogens (tertiary/aromatic N) is 4. The third-order valence-corrected chi connectivity index (χ3v) is 3.38. The number of aromatic nitrogens is 4. The summed E-state index contributed by atoms with van der Waals surface area (Å²) in [6.07, 6.45) is 0. The number of nitriles is 1. The maximum Gasteiger partial charge on any atom is 0.187 e. The molecule has 110 valence electrons. The highest BCUT2D eigenvalue weighted by molar-refractivity contribution is 5.98. The van der Waals surface area contributed by atoms with Crippen molar-refractivity contribution in [2.75, 3.05) is 5.73 Å². The Labute approximate surface area is 126 Å². The zero-order chi connectivity index (χ0) is 15.9. The molecule has 7 nitrogen and oxygen atoms in total. The summed E-state index contributed by atoms with van der Waals surface area (Å²) in [4.78, 5) is 8.71. The van der Waals surface area contributed by atoms with Gasteiger partial charge in [0.1, 0.15) is 23.5 Å². The van der Waals surface area contributed by atoms with E-state index in [1.807, 2.05) is 19.9 Å². The number of phenolic OH excluding ortho intramolecular Hbond substituents is 1. The van der Waals surface area contributed by atoms with Crippen molar-refractivity contribution >= 4 is 16.9 Å². The average Bonchev–Trinajstić information content (AvgIpc) is 2.92. The number of nitrogen functional groups attached to an aromatic ring is 1. The van der Waals surface area contributed by atoms with Crippen molar-refractivity contribution in [3.05, 3.63) is 29.6 Å². The highest BCUT2D eigenvalue weighted by Gasteiger charge is 2.16. The van der Waals surface area contributed by atoms with Gasteiger partial charge in [0.05, 0.1) is 16.6 Å². The van der Waals surface area contributed by atoms with Gasteiger partial charge in [-0.05, 0) is 18.2 Å². The highest BCUT2D eigenvalue weighted by Crippen LogP contribution is 2.32. The van der Waals surface area contributed by atoms with Crippen LogP contribution in [0.1, 0.15) is 31.2 Å². The normalized spacial score (nSPS) is 11.0. The Kier molecular flexibility index (Phi) is 3.14. The average molecular weight is 294 g/mol. The van der Waals surface area contributed by atoms with E-state index in [4.69, 9.17) is 11.0 Å². The van der Waals surface area contributed by atoms with Crippen molar-refractivity contribution in [3.63, 3.8) is 0 Å². The second kappa shape index (κ2) is 5.00. The van der Waals surface area contributed by atoms with Gasteiger partial charge in [0.15, 0.2) is 5.65 Å². The molecule has 0 aliphatic carbocycles. The second-order valence-electron chi connectivity index (χ2n) is 5.26. The molecule has 0 spiro atoms. The van der Waals surface area contributed by atoms with Crippen LogP contribution in [0.3, 0.4) is 0 Å². The summed E-state index contributed by atoms with van der Waals surface area (Å²) >= 11 is 0. The molecule has 0 bridgehead atoms. The van der Waals surface area contributed by atoms with Gasteiger partial charge in [-0.3, -0.25) is 5.10 Å². The van der Waals surface area contributed by atoms with E-state index in [0.29, 0.717) is 33.9 Å². The lowest BCUT2D eigenvalue weighted by Gasteiger charge is -2.06. The van der Waals surface area contributed by atoms with Crippen LogP contribution in [0.5, 0.6) is 5.75 Å².